The average Bonchev–Trinajstić information content (AvgIpc) is 3.14. The number of aryl methyl sites for hydroxylation is 1. The van der Waals surface area contributed by atoms with Crippen molar-refractivity contribution in [3.8, 4) is 0 Å². The van der Waals surface area contributed by atoms with Gasteiger partial charge in [-0.3, -0.25) is 14.3 Å². The lowest BCUT2D eigenvalue weighted by Gasteiger charge is -2.40. The molecule has 2 aliphatic heterocycles. The quantitative estimate of drug-likeness (QED) is 0.879. The number of likely N-dealkylation sites (tertiary alicyclic amines) is 1. The first kappa shape index (κ1) is 18.5. The number of aromatic nitrogens is 2. The average molecular weight is 382 g/mol. The van der Waals surface area contributed by atoms with Gasteiger partial charge in [0.2, 0.25) is 5.91 Å². The maximum absolute atomic E-state index is 13.5. The van der Waals surface area contributed by atoms with Crippen LogP contribution in [0.5, 0.6) is 0 Å². The number of carboxylic acids is 1. The number of amides is 1. The highest BCUT2D eigenvalue weighted by Gasteiger charge is 2.38. The highest BCUT2D eigenvalue weighted by Crippen LogP contribution is 2.38. The number of carbonyl (C=O) groups excluding carboxylic acids is 1. The van der Waals surface area contributed by atoms with Crippen LogP contribution in [0.4, 0.5) is 5.69 Å². The van der Waals surface area contributed by atoms with Crippen LogP contribution < -0.4 is 4.90 Å². The number of carboxylic acid groups (broad SMARTS) is 1. The van der Waals surface area contributed by atoms with Crippen molar-refractivity contribution >= 4 is 17.6 Å². The maximum atomic E-state index is 13.5. The lowest BCUT2D eigenvalue weighted by Crippen LogP contribution is -2.48. The predicted molar refractivity (Wildman–Crippen MR) is 105 cm³/mol. The fourth-order valence-electron chi connectivity index (χ4n) is 4.56. The Labute approximate surface area is 164 Å². The summed E-state index contributed by atoms with van der Waals surface area (Å²) < 4.78 is 1.72. The third kappa shape index (κ3) is 3.37. The van der Waals surface area contributed by atoms with E-state index < -0.39 is 11.9 Å². The summed E-state index contributed by atoms with van der Waals surface area (Å²) in [6.07, 6.45) is 4.98. The van der Waals surface area contributed by atoms with Crippen LogP contribution in [0.2, 0.25) is 0 Å². The van der Waals surface area contributed by atoms with Gasteiger partial charge in [0.15, 0.2) is 0 Å². The molecular weight excluding hydrogens is 356 g/mol. The Morgan fingerprint density at radius 3 is 2.68 bits per heavy atom. The zero-order chi connectivity index (χ0) is 19.8. The molecule has 1 N–H and O–H groups in total. The van der Waals surface area contributed by atoms with Gasteiger partial charge in [0.1, 0.15) is 0 Å². The van der Waals surface area contributed by atoms with E-state index >= 15 is 0 Å². The van der Waals surface area contributed by atoms with Gasteiger partial charge in [-0.15, -0.1) is 0 Å². The molecule has 1 aromatic heterocycles. The number of nitrogens with zero attached hydrogens (tertiary/aromatic N) is 4. The summed E-state index contributed by atoms with van der Waals surface area (Å²) in [5.74, 6) is -1.57. The van der Waals surface area contributed by atoms with E-state index in [1.54, 1.807) is 15.8 Å². The van der Waals surface area contributed by atoms with Crippen molar-refractivity contribution in [2.75, 3.05) is 31.6 Å². The van der Waals surface area contributed by atoms with Gasteiger partial charge in [0.05, 0.1) is 18.0 Å². The van der Waals surface area contributed by atoms with E-state index in [0.717, 1.165) is 29.8 Å². The van der Waals surface area contributed by atoms with Crippen LogP contribution in [-0.2, 0) is 16.6 Å². The second-order valence-corrected chi connectivity index (χ2v) is 7.98. The standard InChI is InChI=1S/C21H26N4O3/c1-23-8-7-18(17-5-3-4-6-19(17)23)20(26)25-12-14(9-15(13-25)21(27)28)16-10-22-24(2)11-16/h3-6,10-11,14-15,18H,7-9,12-13H2,1-2H3,(H,27,28). The van der Waals surface area contributed by atoms with Gasteiger partial charge in [0, 0.05) is 51.5 Å². The number of anilines is 1. The molecule has 148 valence electrons. The highest BCUT2D eigenvalue weighted by atomic mass is 16.4. The Morgan fingerprint density at radius 2 is 1.96 bits per heavy atom. The van der Waals surface area contributed by atoms with Crippen molar-refractivity contribution in [3.63, 3.8) is 0 Å². The van der Waals surface area contributed by atoms with Crippen molar-refractivity contribution in [2.24, 2.45) is 13.0 Å². The summed E-state index contributed by atoms with van der Waals surface area (Å²) >= 11 is 0. The minimum absolute atomic E-state index is 0.00555. The van der Waals surface area contributed by atoms with Gasteiger partial charge < -0.3 is 14.9 Å². The second-order valence-electron chi connectivity index (χ2n) is 7.98. The zero-order valence-corrected chi connectivity index (χ0v) is 16.3. The largest absolute Gasteiger partial charge is 0.481 e. The number of hydrogen-bond acceptors (Lipinski definition) is 4. The SMILES string of the molecule is CN1CCC(C(=O)N2CC(C(=O)O)CC(c3cnn(C)c3)C2)c2ccccc21. The van der Waals surface area contributed by atoms with Crippen LogP contribution in [0.15, 0.2) is 36.7 Å². The molecular formula is C21H26N4O3. The second kappa shape index (κ2) is 7.30. The molecule has 0 aliphatic carbocycles. The normalized spacial score (nSPS) is 24.7. The van der Waals surface area contributed by atoms with E-state index in [0.29, 0.717) is 13.0 Å². The Balaban J connectivity index is 1.61. The summed E-state index contributed by atoms with van der Waals surface area (Å²) in [5.41, 5.74) is 3.12. The smallest absolute Gasteiger partial charge is 0.308 e. The van der Waals surface area contributed by atoms with Crippen LogP contribution in [0.25, 0.3) is 0 Å². The summed E-state index contributed by atoms with van der Waals surface area (Å²) in [6, 6.07) is 8.02. The summed E-state index contributed by atoms with van der Waals surface area (Å²) in [4.78, 5) is 29.2. The van der Waals surface area contributed by atoms with Crippen molar-refractivity contribution < 1.29 is 14.7 Å². The number of rotatable bonds is 3. The number of benzene rings is 1. The molecule has 3 heterocycles. The first-order valence-corrected chi connectivity index (χ1v) is 9.74. The molecule has 1 saturated heterocycles. The molecule has 0 spiro atoms. The minimum Gasteiger partial charge on any atom is -0.481 e. The van der Waals surface area contributed by atoms with Crippen molar-refractivity contribution in [1.82, 2.24) is 14.7 Å². The fraction of sp³-hybridized carbons (Fsp3) is 0.476. The van der Waals surface area contributed by atoms with E-state index in [2.05, 4.69) is 10.00 Å². The number of para-hydroxylation sites is 1. The van der Waals surface area contributed by atoms with E-state index in [1.807, 2.05) is 44.6 Å². The molecule has 1 aromatic carbocycles. The molecule has 7 heteroatoms. The minimum atomic E-state index is -0.838. The first-order valence-electron chi connectivity index (χ1n) is 9.74. The third-order valence-electron chi connectivity index (χ3n) is 6.08. The molecule has 4 rings (SSSR count). The van der Waals surface area contributed by atoms with E-state index in [1.165, 1.54) is 0 Å². The lowest BCUT2D eigenvalue weighted by molar-refractivity contribution is -0.146. The Morgan fingerprint density at radius 1 is 1.18 bits per heavy atom. The van der Waals surface area contributed by atoms with Gasteiger partial charge in [-0.25, -0.2) is 0 Å². The molecule has 0 radical (unpaired) electrons. The molecule has 0 saturated carbocycles. The lowest BCUT2D eigenvalue weighted by atomic mass is 9.83. The monoisotopic (exact) mass is 382 g/mol. The molecule has 7 nitrogen and oxygen atoms in total. The number of hydrogen-bond donors (Lipinski definition) is 1. The van der Waals surface area contributed by atoms with Gasteiger partial charge in [-0.2, -0.15) is 5.10 Å². The number of aliphatic carboxylic acids is 1. The van der Waals surface area contributed by atoms with Crippen molar-refractivity contribution in [3.05, 3.63) is 47.8 Å². The van der Waals surface area contributed by atoms with Crippen molar-refractivity contribution in [1.29, 1.82) is 0 Å². The summed E-state index contributed by atoms with van der Waals surface area (Å²) in [5, 5.41) is 13.9. The number of fused-ring (bicyclic) bond motifs is 1. The Hall–Kier alpha value is -2.83. The molecule has 3 atom stereocenters. The molecule has 2 aromatic rings. The molecule has 0 bridgehead atoms. The number of carbonyl (C=O) groups is 2. The first-order chi connectivity index (χ1) is 13.4. The van der Waals surface area contributed by atoms with Crippen LogP contribution >= 0.6 is 0 Å². The Bertz CT molecular complexity index is 893. The maximum Gasteiger partial charge on any atom is 0.308 e. The molecule has 1 fully saturated rings. The van der Waals surface area contributed by atoms with Gasteiger partial charge >= 0.3 is 5.97 Å². The summed E-state index contributed by atoms with van der Waals surface area (Å²) in [6.45, 7) is 1.64. The van der Waals surface area contributed by atoms with E-state index in [-0.39, 0.29) is 24.3 Å². The summed E-state index contributed by atoms with van der Waals surface area (Å²) in [7, 11) is 3.89. The van der Waals surface area contributed by atoms with Crippen LogP contribution in [0.3, 0.4) is 0 Å². The van der Waals surface area contributed by atoms with Gasteiger partial charge in [-0.1, -0.05) is 18.2 Å². The fourth-order valence-corrected chi connectivity index (χ4v) is 4.56. The topological polar surface area (TPSA) is 78.7 Å². The van der Waals surface area contributed by atoms with E-state index in [4.69, 9.17) is 0 Å². The molecule has 28 heavy (non-hydrogen) atoms. The van der Waals surface area contributed by atoms with Crippen LogP contribution in [-0.4, -0.2) is 58.3 Å². The number of piperidine rings is 1. The third-order valence-corrected chi connectivity index (χ3v) is 6.08. The van der Waals surface area contributed by atoms with Crippen LogP contribution in [0.1, 0.15) is 35.8 Å². The molecule has 1 amide bonds. The zero-order valence-electron chi connectivity index (χ0n) is 16.3. The van der Waals surface area contributed by atoms with Gasteiger partial charge in [0.25, 0.3) is 0 Å². The van der Waals surface area contributed by atoms with E-state index in [9.17, 15) is 14.7 Å². The molecule has 3 unspecified atom stereocenters. The van der Waals surface area contributed by atoms with Crippen molar-refractivity contribution in [2.45, 2.75) is 24.7 Å². The van der Waals surface area contributed by atoms with Crippen LogP contribution in [0, 0.1) is 5.92 Å². The molecule has 2 aliphatic rings. The Kier molecular flexibility index (Phi) is 4.83. The van der Waals surface area contributed by atoms with Gasteiger partial charge in [-0.05, 0) is 30.0 Å². The highest BCUT2D eigenvalue weighted by molar-refractivity contribution is 5.87. The predicted octanol–water partition coefficient (Wildman–Crippen LogP) is 2.06.